The summed E-state index contributed by atoms with van der Waals surface area (Å²) in [5.74, 6) is -0.379. The lowest BCUT2D eigenvalue weighted by Gasteiger charge is -2.12. The van der Waals surface area contributed by atoms with Crippen LogP contribution in [0.25, 0.3) is 11.1 Å². The molecule has 0 radical (unpaired) electrons. The van der Waals surface area contributed by atoms with E-state index in [2.05, 4.69) is 5.32 Å². The number of anilines is 3. The Morgan fingerprint density at radius 3 is 2.16 bits per heavy atom. The van der Waals surface area contributed by atoms with E-state index >= 15 is 0 Å². The summed E-state index contributed by atoms with van der Waals surface area (Å²) >= 11 is 0. The second kappa shape index (κ2) is 6.45. The highest BCUT2D eigenvalue weighted by Crippen LogP contribution is 2.30. The summed E-state index contributed by atoms with van der Waals surface area (Å²) in [5.41, 5.74) is 14.1. The molecule has 0 aromatic heterocycles. The number of carbonyl (C=O) groups excluding carboxylic acids is 1. The summed E-state index contributed by atoms with van der Waals surface area (Å²) in [4.78, 5) is 12.7. The topological polar surface area (TPSA) is 122 Å². The number of phenols is 2. The number of hydrogen-bond acceptors (Lipinski definition) is 5. The molecule has 25 heavy (non-hydrogen) atoms. The molecule has 0 spiro atoms. The highest BCUT2D eigenvalue weighted by atomic mass is 16.3. The van der Waals surface area contributed by atoms with Crippen molar-refractivity contribution < 1.29 is 15.0 Å². The van der Waals surface area contributed by atoms with Gasteiger partial charge in [-0.25, -0.2) is 0 Å². The zero-order valence-electron chi connectivity index (χ0n) is 13.2. The first-order chi connectivity index (χ1) is 12.0. The maximum Gasteiger partial charge on any atom is 0.256 e. The normalized spacial score (nSPS) is 10.4. The average Bonchev–Trinajstić information content (AvgIpc) is 2.60. The summed E-state index contributed by atoms with van der Waals surface area (Å²) in [6, 6.07) is 16.3. The van der Waals surface area contributed by atoms with Crippen LogP contribution in [0.4, 0.5) is 17.1 Å². The third kappa shape index (κ3) is 3.32. The molecule has 6 nitrogen and oxygen atoms in total. The van der Waals surface area contributed by atoms with E-state index in [0.29, 0.717) is 22.4 Å². The predicted molar refractivity (Wildman–Crippen MR) is 98.4 cm³/mol. The molecule has 6 heteroatoms. The van der Waals surface area contributed by atoms with Crippen LogP contribution in [0.3, 0.4) is 0 Å². The Kier molecular flexibility index (Phi) is 4.18. The molecular weight excluding hydrogens is 318 g/mol. The number of hydrogen-bond donors (Lipinski definition) is 5. The summed E-state index contributed by atoms with van der Waals surface area (Å²) in [5, 5.41) is 21.8. The van der Waals surface area contributed by atoms with Gasteiger partial charge in [-0.3, -0.25) is 4.79 Å². The zero-order chi connectivity index (χ0) is 18.0. The van der Waals surface area contributed by atoms with Crippen molar-refractivity contribution in [3.8, 4) is 22.6 Å². The minimum Gasteiger partial charge on any atom is -0.506 e. The molecule has 0 aliphatic carbocycles. The van der Waals surface area contributed by atoms with Gasteiger partial charge in [0.2, 0.25) is 0 Å². The van der Waals surface area contributed by atoms with Crippen LogP contribution in [-0.2, 0) is 0 Å². The van der Waals surface area contributed by atoms with Crippen LogP contribution in [0.5, 0.6) is 11.5 Å². The van der Waals surface area contributed by atoms with E-state index < -0.39 is 0 Å². The highest BCUT2D eigenvalue weighted by Gasteiger charge is 2.14. The van der Waals surface area contributed by atoms with Crippen molar-refractivity contribution in [1.29, 1.82) is 0 Å². The minimum absolute atomic E-state index is 0.00903. The predicted octanol–water partition coefficient (Wildman–Crippen LogP) is 3.18. The molecule has 0 atom stereocenters. The molecule has 0 saturated heterocycles. The van der Waals surface area contributed by atoms with Gasteiger partial charge in [-0.1, -0.05) is 24.3 Å². The first-order valence-corrected chi connectivity index (χ1v) is 7.53. The fourth-order valence-electron chi connectivity index (χ4n) is 2.49. The quantitative estimate of drug-likeness (QED) is 0.286. The molecule has 3 aromatic carbocycles. The van der Waals surface area contributed by atoms with E-state index in [4.69, 9.17) is 11.5 Å². The number of phenolic OH excluding ortho intramolecular Hbond substituents is 2. The summed E-state index contributed by atoms with van der Waals surface area (Å²) in [6.07, 6.45) is 0. The lowest BCUT2D eigenvalue weighted by molar-refractivity contribution is 0.102. The van der Waals surface area contributed by atoms with Crippen molar-refractivity contribution in [2.24, 2.45) is 0 Å². The van der Waals surface area contributed by atoms with Crippen molar-refractivity contribution >= 4 is 23.0 Å². The first-order valence-electron chi connectivity index (χ1n) is 7.53. The standard InChI is InChI=1S/C19H17N3O3/c20-15-9-11(5-7-17(15)23)13-3-1-2-4-14(13)19(25)22-12-6-8-18(24)16(21)10-12/h1-10,23-24H,20-21H2,(H,22,25). The van der Waals surface area contributed by atoms with E-state index in [1.165, 1.54) is 18.2 Å². The monoisotopic (exact) mass is 335 g/mol. The molecule has 1 amide bonds. The molecule has 7 N–H and O–H groups in total. The zero-order valence-corrected chi connectivity index (χ0v) is 13.2. The second-order valence-electron chi connectivity index (χ2n) is 5.55. The average molecular weight is 335 g/mol. The van der Waals surface area contributed by atoms with Gasteiger partial charge in [0.25, 0.3) is 5.91 Å². The van der Waals surface area contributed by atoms with Gasteiger partial charge in [-0.15, -0.1) is 0 Å². The lowest BCUT2D eigenvalue weighted by Crippen LogP contribution is -2.13. The van der Waals surface area contributed by atoms with Gasteiger partial charge in [-0.2, -0.15) is 0 Å². The number of nitrogens with two attached hydrogens (primary N) is 2. The number of nitrogens with one attached hydrogen (secondary N) is 1. The minimum atomic E-state index is -0.327. The Morgan fingerprint density at radius 1 is 0.840 bits per heavy atom. The lowest BCUT2D eigenvalue weighted by atomic mass is 9.98. The molecule has 3 rings (SSSR count). The van der Waals surface area contributed by atoms with Crippen LogP contribution in [0.15, 0.2) is 60.7 Å². The maximum absolute atomic E-state index is 12.7. The van der Waals surface area contributed by atoms with Crippen LogP contribution in [0.1, 0.15) is 10.4 Å². The summed E-state index contributed by atoms with van der Waals surface area (Å²) < 4.78 is 0. The van der Waals surface area contributed by atoms with E-state index in [1.807, 2.05) is 6.07 Å². The second-order valence-corrected chi connectivity index (χ2v) is 5.55. The van der Waals surface area contributed by atoms with Gasteiger partial charge >= 0.3 is 0 Å². The van der Waals surface area contributed by atoms with Gasteiger partial charge in [0.05, 0.1) is 11.4 Å². The van der Waals surface area contributed by atoms with Gasteiger partial charge in [-0.05, 0) is 47.5 Å². The number of amides is 1. The number of nitrogen functional groups attached to an aromatic ring is 2. The van der Waals surface area contributed by atoms with Crippen molar-refractivity contribution in [3.05, 3.63) is 66.2 Å². The Balaban J connectivity index is 1.95. The van der Waals surface area contributed by atoms with E-state index in [9.17, 15) is 15.0 Å². The Bertz CT molecular complexity index is 954. The number of aromatic hydroxyl groups is 2. The third-order valence-electron chi connectivity index (χ3n) is 3.80. The Morgan fingerprint density at radius 2 is 1.48 bits per heavy atom. The number of benzene rings is 3. The summed E-state index contributed by atoms with van der Waals surface area (Å²) in [6.45, 7) is 0. The van der Waals surface area contributed by atoms with Crippen molar-refractivity contribution in [3.63, 3.8) is 0 Å². The van der Waals surface area contributed by atoms with Crippen molar-refractivity contribution in [2.75, 3.05) is 16.8 Å². The third-order valence-corrected chi connectivity index (χ3v) is 3.80. The molecule has 0 aliphatic heterocycles. The van der Waals surface area contributed by atoms with E-state index in [-0.39, 0.29) is 28.8 Å². The van der Waals surface area contributed by atoms with Crippen molar-refractivity contribution in [2.45, 2.75) is 0 Å². The molecule has 0 saturated carbocycles. The molecule has 0 unspecified atom stereocenters. The van der Waals surface area contributed by atoms with E-state index in [1.54, 1.807) is 36.4 Å². The van der Waals surface area contributed by atoms with Gasteiger partial charge < -0.3 is 27.0 Å². The SMILES string of the molecule is Nc1cc(NC(=O)c2ccccc2-c2ccc(O)c(N)c2)ccc1O. The molecule has 3 aromatic rings. The Hall–Kier alpha value is -3.67. The van der Waals surface area contributed by atoms with Gasteiger partial charge in [0.1, 0.15) is 11.5 Å². The van der Waals surface area contributed by atoms with E-state index in [0.717, 1.165) is 0 Å². The first kappa shape index (κ1) is 16.2. The molecule has 0 fully saturated rings. The van der Waals surface area contributed by atoms with Crippen LogP contribution in [-0.4, -0.2) is 16.1 Å². The van der Waals surface area contributed by atoms with Crippen LogP contribution >= 0.6 is 0 Å². The summed E-state index contributed by atoms with van der Waals surface area (Å²) in [7, 11) is 0. The van der Waals surface area contributed by atoms with Crippen LogP contribution in [0.2, 0.25) is 0 Å². The van der Waals surface area contributed by atoms with Crippen LogP contribution < -0.4 is 16.8 Å². The van der Waals surface area contributed by atoms with Crippen LogP contribution in [0, 0.1) is 0 Å². The molecule has 126 valence electrons. The highest BCUT2D eigenvalue weighted by molar-refractivity contribution is 6.09. The molecule has 0 aliphatic rings. The largest absolute Gasteiger partial charge is 0.506 e. The maximum atomic E-state index is 12.7. The fraction of sp³-hybridized carbons (Fsp3) is 0. The number of carbonyl (C=O) groups is 1. The van der Waals surface area contributed by atoms with Gasteiger partial charge in [0.15, 0.2) is 0 Å². The molecule has 0 bridgehead atoms. The molecular formula is C19H17N3O3. The van der Waals surface area contributed by atoms with Crippen molar-refractivity contribution in [1.82, 2.24) is 0 Å². The number of rotatable bonds is 3. The van der Waals surface area contributed by atoms with Gasteiger partial charge in [0, 0.05) is 11.3 Å². The fourth-order valence-corrected chi connectivity index (χ4v) is 2.49. The smallest absolute Gasteiger partial charge is 0.256 e. The Labute approximate surface area is 144 Å². The molecule has 0 heterocycles.